The zero-order valence-electron chi connectivity index (χ0n) is 24.0. The first-order valence-corrected chi connectivity index (χ1v) is 15.4. The Morgan fingerprint density at radius 2 is 1.32 bits per heavy atom. The zero-order chi connectivity index (χ0) is 28.0. The summed E-state index contributed by atoms with van der Waals surface area (Å²) in [6.45, 7) is 0. The SMILES string of the molecule is N[C@H](Cc1ccccc1)[C@@H](O)CC1CCCC(C(=O)NC(CCCc2ccccc2)CCCc2ccccc2)C1. The number of hydrogen-bond donors (Lipinski definition) is 3. The second-order valence-electron chi connectivity index (χ2n) is 11.8. The molecular weight excluding hydrogens is 492 g/mol. The minimum absolute atomic E-state index is 0.0297. The van der Waals surface area contributed by atoms with Crippen molar-refractivity contribution in [2.75, 3.05) is 0 Å². The number of nitrogens with two attached hydrogens (primary N) is 1. The van der Waals surface area contributed by atoms with Gasteiger partial charge in [-0.3, -0.25) is 4.79 Å². The van der Waals surface area contributed by atoms with Crippen molar-refractivity contribution in [2.45, 2.75) is 95.2 Å². The summed E-state index contributed by atoms with van der Waals surface area (Å²) in [5.41, 5.74) is 10.2. The molecule has 1 aliphatic rings. The van der Waals surface area contributed by atoms with Crippen LogP contribution in [-0.4, -0.2) is 29.2 Å². The van der Waals surface area contributed by atoms with E-state index in [9.17, 15) is 9.90 Å². The van der Waals surface area contributed by atoms with E-state index in [0.29, 0.717) is 18.8 Å². The largest absolute Gasteiger partial charge is 0.391 e. The van der Waals surface area contributed by atoms with Crippen molar-refractivity contribution in [3.05, 3.63) is 108 Å². The third kappa shape index (κ3) is 10.2. The quantitative estimate of drug-likeness (QED) is 0.202. The van der Waals surface area contributed by atoms with Gasteiger partial charge in [-0.1, -0.05) is 104 Å². The van der Waals surface area contributed by atoms with Crippen molar-refractivity contribution >= 4 is 5.91 Å². The maximum absolute atomic E-state index is 13.5. The van der Waals surface area contributed by atoms with Crippen LogP contribution in [-0.2, 0) is 24.1 Å². The van der Waals surface area contributed by atoms with E-state index in [0.717, 1.165) is 69.8 Å². The van der Waals surface area contributed by atoms with Crippen LogP contribution in [0.5, 0.6) is 0 Å². The van der Waals surface area contributed by atoms with Gasteiger partial charge in [0.15, 0.2) is 0 Å². The lowest BCUT2D eigenvalue weighted by atomic mass is 9.77. The third-order valence-electron chi connectivity index (χ3n) is 8.60. The summed E-state index contributed by atoms with van der Waals surface area (Å²) in [6, 6.07) is 31.3. The maximum Gasteiger partial charge on any atom is 0.223 e. The number of amides is 1. The highest BCUT2D eigenvalue weighted by molar-refractivity contribution is 5.79. The van der Waals surface area contributed by atoms with E-state index in [1.54, 1.807) is 0 Å². The predicted octanol–water partition coefficient (Wildman–Crippen LogP) is 6.64. The van der Waals surface area contributed by atoms with Gasteiger partial charge < -0.3 is 16.2 Å². The number of carbonyl (C=O) groups excluding carboxylic acids is 1. The van der Waals surface area contributed by atoms with Gasteiger partial charge in [0.1, 0.15) is 0 Å². The van der Waals surface area contributed by atoms with E-state index >= 15 is 0 Å². The molecule has 214 valence electrons. The molecule has 0 heterocycles. The number of aliphatic hydroxyl groups excluding tert-OH is 1. The zero-order valence-corrected chi connectivity index (χ0v) is 24.0. The molecule has 0 radical (unpaired) electrons. The molecule has 1 aliphatic carbocycles. The first-order valence-electron chi connectivity index (χ1n) is 15.4. The van der Waals surface area contributed by atoms with Crippen LogP contribution in [0.3, 0.4) is 0 Å². The van der Waals surface area contributed by atoms with Crippen LogP contribution in [0.1, 0.15) is 74.5 Å². The number of aryl methyl sites for hydroxylation is 2. The Morgan fingerprint density at radius 3 is 1.88 bits per heavy atom. The Morgan fingerprint density at radius 1 is 0.800 bits per heavy atom. The van der Waals surface area contributed by atoms with Crippen LogP contribution in [0.15, 0.2) is 91.0 Å². The number of nitrogens with one attached hydrogen (secondary N) is 1. The number of hydrogen-bond acceptors (Lipinski definition) is 3. The van der Waals surface area contributed by atoms with Gasteiger partial charge in [-0.05, 0) is 86.8 Å². The van der Waals surface area contributed by atoms with E-state index in [1.807, 2.05) is 18.2 Å². The maximum atomic E-state index is 13.5. The van der Waals surface area contributed by atoms with Gasteiger partial charge >= 0.3 is 0 Å². The Kier molecular flexibility index (Phi) is 12.3. The Hall–Kier alpha value is -2.95. The number of rotatable bonds is 15. The molecule has 0 aliphatic heterocycles. The average molecular weight is 541 g/mol. The molecule has 4 nitrogen and oxygen atoms in total. The summed E-state index contributed by atoms with van der Waals surface area (Å²) in [5.74, 6) is 0.579. The highest BCUT2D eigenvalue weighted by Crippen LogP contribution is 2.33. The molecule has 4 N–H and O–H groups in total. The predicted molar refractivity (Wildman–Crippen MR) is 165 cm³/mol. The Balaban J connectivity index is 1.27. The van der Waals surface area contributed by atoms with Crippen molar-refractivity contribution in [3.63, 3.8) is 0 Å². The number of aliphatic hydroxyl groups is 1. The normalized spacial score (nSPS) is 18.8. The standard InChI is InChI=1S/C36H48N2O2/c37-34(26-30-17-8-3-9-18-30)35(39)27-31-21-10-22-32(25-31)36(40)38-33(23-11-19-28-13-4-1-5-14-28)24-12-20-29-15-6-2-7-16-29/h1-9,13-18,31-35,39H,10-12,19-27,37H2,(H,38,40)/t31?,32?,34-,35+/m1/s1. The molecule has 1 amide bonds. The fourth-order valence-corrected chi connectivity index (χ4v) is 6.28. The van der Waals surface area contributed by atoms with Gasteiger partial charge in [-0.25, -0.2) is 0 Å². The highest BCUT2D eigenvalue weighted by Gasteiger charge is 2.30. The topological polar surface area (TPSA) is 75.3 Å². The minimum atomic E-state index is -0.546. The molecule has 0 saturated heterocycles. The molecule has 4 rings (SSSR count). The molecule has 0 spiro atoms. The van der Waals surface area contributed by atoms with Crippen molar-refractivity contribution in [1.29, 1.82) is 0 Å². The summed E-state index contributed by atoms with van der Waals surface area (Å²) in [6.07, 6.45) is 10.9. The molecule has 4 atom stereocenters. The van der Waals surface area contributed by atoms with Gasteiger partial charge in [-0.2, -0.15) is 0 Å². The summed E-state index contributed by atoms with van der Waals surface area (Å²) < 4.78 is 0. The van der Waals surface area contributed by atoms with E-state index in [-0.39, 0.29) is 23.9 Å². The van der Waals surface area contributed by atoms with E-state index in [1.165, 1.54) is 11.1 Å². The van der Waals surface area contributed by atoms with Crippen LogP contribution in [0.2, 0.25) is 0 Å². The Labute approximate surface area is 241 Å². The van der Waals surface area contributed by atoms with E-state index in [2.05, 4.69) is 78.1 Å². The third-order valence-corrected chi connectivity index (χ3v) is 8.60. The number of benzene rings is 3. The first kappa shape index (κ1) is 30.0. The minimum Gasteiger partial charge on any atom is -0.391 e. The molecule has 0 bridgehead atoms. The van der Waals surface area contributed by atoms with Gasteiger partial charge in [0.2, 0.25) is 5.91 Å². The molecular formula is C36H48N2O2. The van der Waals surface area contributed by atoms with Crippen LogP contribution < -0.4 is 11.1 Å². The van der Waals surface area contributed by atoms with Crippen molar-refractivity contribution < 1.29 is 9.90 Å². The van der Waals surface area contributed by atoms with Crippen molar-refractivity contribution in [3.8, 4) is 0 Å². The van der Waals surface area contributed by atoms with Crippen molar-refractivity contribution in [1.82, 2.24) is 5.32 Å². The molecule has 1 fully saturated rings. The second-order valence-corrected chi connectivity index (χ2v) is 11.8. The van der Waals surface area contributed by atoms with Gasteiger partial charge in [0.05, 0.1) is 6.10 Å². The number of carbonyl (C=O) groups is 1. The molecule has 0 aromatic heterocycles. The lowest BCUT2D eigenvalue weighted by molar-refractivity contribution is -0.127. The van der Waals surface area contributed by atoms with Gasteiger partial charge in [0.25, 0.3) is 0 Å². The lowest BCUT2D eigenvalue weighted by Gasteiger charge is -2.32. The van der Waals surface area contributed by atoms with Crippen LogP contribution in [0.25, 0.3) is 0 Å². The lowest BCUT2D eigenvalue weighted by Crippen LogP contribution is -2.42. The molecule has 3 aromatic rings. The smallest absolute Gasteiger partial charge is 0.223 e. The summed E-state index contributed by atoms with van der Waals surface area (Å²) in [5, 5.41) is 14.3. The summed E-state index contributed by atoms with van der Waals surface area (Å²) in [7, 11) is 0. The fourth-order valence-electron chi connectivity index (χ4n) is 6.28. The molecule has 2 unspecified atom stereocenters. The van der Waals surface area contributed by atoms with Crippen LogP contribution >= 0.6 is 0 Å². The molecule has 40 heavy (non-hydrogen) atoms. The van der Waals surface area contributed by atoms with Crippen LogP contribution in [0, 0.1) is 11.8 Å². The van der Waals surface area contributed by atoms with Crippen molar-refractivity contribution in [2.24, 2.45) is 17.6 Å². The molecule has 3 aromatic carbocycles. The highest BCUT2D eigenvalue weighted by atomic mass is 16.3. The fraction of sp³-hybridized carbons (Fsp3) is 0.472. The van der Waals surface area contributed by atoms with E-state index < -0.39 is 6.10 Å². The average Bonchev–Trinajstić information content (AvgIpc) is 2.98. The van der Waals surface area contributed by atoms with E-state index in [4.69, 9.17) is 5.73 Å². The summed E-state index contributed by atoms with van der Waals surface area (Å²) >= 11 is 0. The van der Waals surface area contributed by atoms with Gasteiger partial charge in [0, 0.05) is 18.0 Å². The molecule has 1 saturated carbocycles. The summed E-state index contributed by atoms with van der Waals surface area (Å²) in [4.78, 5) is 13.5. The first-order chi connectivity index (χ1) is 19.6. The Bertz CT molecular complexity index is 1060. The van der Waals surface area contributed by atoms with Crippen LogP contribution in [0.4, 0.5) is 0 Å². The molecule has 4 heteroatoms. The second kappa shape index (κ2) is 16.3. The monoisotopic (exact) mass is 540 g/mol. The van der Waals surface area contributed by atoms with Gasteiger partial charge in [-0.15, -0.1) is 0 Å².